The fourth-order valence-electron chi connectivity index (χ4n) is 2.40. The lowest BCUT2D eigenvalue weighted by molar-refractivity contribution is -0.137. The Morgan fingerprint density at radius 2 is 2.04 bits per heavy atom. The summed E-state index contributed by atoms with van der Waals surface area (Å²) in [5.41, 5.74) is 3.63. The van der Waals surface area contributed by atoms with Crippen LogP contribution in [0.3, 0.4) is 0 Å². The number of nitrogens with one attached hydrogen (secondary N) is 1. The molecule has 1 aromatic carbocycles. The number of alkyl halides is 3. The number of aromatic nitrogens is 2. The largest absolute Gasteiger partial charge is 0.417 e. The Bertz CT molecular complexity index is 947. The van der Waals surface area contributed by atoms with Crippen LogP contribution in [0.4, 0.5) is 19.0 Å². The normalized spacial score (nSPS) is 11.8. The molecule has 0 aliphatic rings. The zero-order valence-corrected chi connectivity index (χ0v) is 13.0. The Balaban J connectivity index is 1.79. The molecule has 0 fully saturated rings. The first kappa shape index (κ1) is 16.6. The van der Waals surface area contributed by atoms with Crippen LogP contribution in [0, 0.1) is 12.3 Å². The van der Waals surface area contributed by atoms with Gasteiger partial charge in [0.05, 0.1) is 18.3 Å². The van der Waals surface area contributed by atoms with Gasteiger partial charge in [-0.25, -0.2) is 4.98 Å². The number of halogens is 3. The molecule has 25 heavy (non-hydrogen) atoms. The molecule has 0 radical (unpaired) electrons. The van der Waals surface area contributed by atoms with Crippen molar-refractivity contribution in [2.24, 2.45) is 5.10 Å². The minimum atomic E-state index is -4.41. The van der Waals surface area contributed by atoms with E-state index in [1.807, 2.05) is 35.0 Å². The molecule has 3 aromatic rings. The average Bonchev–Trinajstić information content (AvgIpc) is 2.93. The van der Waals surface area contributed by atoms with E-state index in [1.165, 1.54) is 6.07 Å². The summed E-state index contributed by atoms with van der Waals surface area (Å²) in [6, 6.07) is 9.89. The highest BCUT2D eigenvalue weighted by atomic mass is 19.4. The highest BCUT2D eigenvalue weighted by molar-refractivity contribution is 5.99. The summed E-state index contributed by atoms with van der Waals surface area (Å²) >= 11 is 0. The van der Waals surface area contributed by atoms with Crippen molar-refractivity contribution in [2.45, 2.75) is 12.7 Å². The summed E-state index contributed by atoms with van der Waals surface area (Å²) in [5.74, 6) is 2.81. The predicted octanol–water partition coefficient (Wildman–Crippen LogP) is 4.13. The van der Waals surface area contributed by atoms with E-state index in [-0.39, 0.29) is 5.82 Å². The summed E-state index contributed by atoms with van der Waals surface area (Å²) in [4.78, 5) is 3.70. The second-order valence-corrected chi connectivity index (χ2v) is 5.23. The molecule has 126 valence electrons. The van der Waals surface area contributed by atoms with E-state index < -0.39 is 11.7 Å². The fraction of sp³-hybridized carbons (Fsp3) is 0.111. The molecule has 0 aliphatic carbocycles. The van der Waals surface area contributed by atoms with Crippen molar-refractivity contribution in [1.82, 2.24) is 9.55 Å². The summed E-state index contributed by atoms with van der Waals surface area (Å²) < 4.78 is 39.4. The number of hydrogen-bond acceptors (Lipinski definition) is 3. The quantitative estimate of drug-likeness (QED) is 0.440. The third kappa shape index (κ3) is 3.63. The molecule has 1 N–H and O–H groups in total. The molecule has 2 heterocycles. The van der Waals surface area contributed by atoms with Crippen molar-refractivity contribution in [2.75, 3.05) is 5.43 Å². The minimum absolute atomic E-state index is 0.219. The maximum atomic E-state index is 12.5. The van der Waals surface area contributed by atoms with E-state index in [0.29, 0.717) is 6.54 Å². The molecule has 2 aromatic heterocycles. The van der Waals surface area contributed by atoms with Gasteiger partial charge in [0.1, 0.15) is 5.82 Å². The molecule has 0 amide bonds. The molecule has 7 heteroatoms. The summed E-state index contributed by atoms with van der Waals surface area (Å²) in [5, 5.41) is 5.02. The number of anilines is 1. The van der Waals surface area contributed by atoms with Gasteiger partial charge in [-0.2, -0.15) is 18.3 Å². The number of benzene rings is 1. The van der Waals surface area contributed by atoms with Gasteiger partial charge in [-0.15, -0.1) is 6.42 Å². The first-order valence-corrected chi connectivity index (χ1v) is 7.32. The van der Waals surface area contributed by atoms with Crippen molar-refractivity contribution in [3.63, 3.8) is 0 Å². The van der Waals surface area contributed by atoms with Gasteiger partial charge in [-0.05, 0) is 18.2 Å². The Labute approximate surface area is 142 Å². The first-order valence-electron chi connectivity index (χ1n) is 7.32. The molecule has 0 atom stereocenters. The monoisotopic (exact) mass is 342 g/mol. The molecule has 0 aliphatic heterocycles. The number of hydrazone groups is 1. The van der Waals surface area contributed by atoms with Crippen molar-refractivity contribution in [3.05, 3.63) is 59.9 Å². The number of para-hydroxylation sites is 1. The molecule has 0 saturated carbocycles. The number of pyridine rings is 1. The third-order valence-corrected chi connectivity index (χ3v) is 3.55. The molecule has 0 saturated heterocycles. The molecule has 0 unspecified atom stereocenters. The predicted molar refractivity (Wildman–Crippen MR) is 91.2 cm³/mol. The number of nitrogens with zero attached hydrogens (tertiary/aromatic N) is 3. The van der Waals surface area contributed by atoms with E-state index >= 15 is 0 Å². The second-order valence-electron chi connectivity index (χ2n) is 5.23. The van der Waals surface area contributed by atoms with E-state index in [9.17, 15) is 13.2 Å². The van der Waals surface area contributed by atoms with Crippen molar-refractivity contribution < 1.29 is 13.2 Å². The van der Waals surface area contributed by atoms with Crippen LogP contribution in [0.2, 0.25) is 0 Å². The van der Waals surface area contributed by atoms with Gasteiger partial charge < -0.3 is 4.57 Å². The lowest BCUT2D eigenvalue weighted by Gasteiger charge is -2.06. The van der Waals surface area contributed by atoms with Crippen LogP contribution in [0.1, 0.15) is 11.1 Å². The molecule has 3 rings (SSSR count). The SMILES string of the molecule is C#CCn1cc(/C=N\Nc2ccc(C(F)(F)F)cn2)c2ccccc21. The molecule has 4 nitrogen and oxygen atoms in total. The van der Waals surface area contributed by atoms with Gasteiger partial charge in [-0.1, -0.05) is 24.1 Å². The first-order chi connectivity index (χ1) is 12.0. The van der Waals surface area contributed by atoms with Gasteiger partial charge in [0.2, 0.25) is 0 Å². The molecular formula is C18H13F3N4. The molecular weight excluding hydrogens is 329 g/mol. The van der Waals surface area contributed by atoms with Gasteiger partial charge in [-0.3, -0.25) is 5.43 Å². The topological polar surface area (TPSA) is 42.2 Å². The summed E-state index contributed by atoms with van der Waals surface area (Å²) in [6.07, 6.45) is 5.18. The van der Waals surface area contributed by atoms with Crippen LogP contribution in [0.25, 0.3) is 10.9 Å². The van der Waals surface area contributed by atoms with Crippen LogP contribution in [-0.4, -0.2) is 15.8 Å². The Kier molecular flexibility index (Phi) is 4.44. The zero-order valence-electron chi connectivity index (χ0n) is 13.0. The zero-order chi connectivity index (χ0) is 17.9. The highest BCUT2D eigenvalue weighted by Gasteiger charge is 2.30. The number of rotatable bonds is 4. The molecule has 0 spiro atoms. The van der Waals surface area contributed by atoms with Crippen LogP contribution in [-0.2, 0) is 12.7 Å². The highest BCUT2D eigenvalue weighted by Crippen LogP contribution is 2.28. The van der Waals surface area contributed by atoms with Crippen LogP contribution >= 0.6 is 0 Å². The van der Waals surface area contributed by atoms with Crippen LogP contribution in [0.5, 0.6) is 0 Å². The Morgan fingerprint density at radius 3 is 2.72 bits per heavy atom. The standard InChI is InChI=1S/C18H13F3N4/c1-2-9-25-12-13(15-5-3-4-6-16(15)25)10-23-24-17-8-7-14(11-22-17)18(19,20)21/h1,3-8,10-12H,9H2,(H,22,24)/b23-10-. The van der Waals surface area contributed by atoms with E-state index in [2.05, 4.69) is 21.4 Å². The Hall–Kier alpha value is -3.27. The summed E-state index contributed by atoms with van der Waals surface area (Å²) in [7, 11) is 0. The van der Waals surface area contributed by atoms with Gasteiger partial charge in [0.25, 0.3) is 0 Å². The summed E-state index contributed by atoms with van der Waals surface area (Å²) in [6.45, 7) is 0.433. The van der Waals surface area contributed by atoms with Crippen molar-refractivity contribution in [3.8, 4) is 12.3 Å². The maximum Gasteiger partial charge on any atom is 0.417 e. The number of fused-ring (bicyclic) bond motifs is 1. The average molecular weight is 342 g/mol. The Morgan fingerprint density at radius 1 is 1.24 bits per heavy atom. The van der Waals surface area contributed by atoms with Crippen LogP contribution < -0.4 is 5.43 Å². The lowest BCUT2D eigenvalue weighted by atomic mass is 10.2. The van der Waals surface area contributed by atoms with Crippen LogP contribution in [0.15, 0.2) is 53.9 Å². The fourth-order valence-corrected chi connectivity index (χ4v) is 2.40. The maximum absolute atomic E-state index is 12.5. The van der Waals surface area contributed by atoms with Crippen molar-refractivity contribution in [1.29, 1.82) is 0 Å². The second kappa shape index (κ2) is 6.69. The third-order valence-electron chi connectivity index (χ3n) is 3.55. The van der Waals surface area contributed by atoms with E-state index in [0.717, 1.165) is 28.7 Å². The van der Waals surface area contributed by atoms with Gasteiger partial charge in [0, 0.05) is 28.9 Å². The number of terminal acetylenes is 1. The lowest BCUT2D eigenvalue weighted by Crippen LogP contribution is -2.05. The minimum Gasteiger partial charge on any atom is -0.335 e. The van der Waals surface area contributed by atoms with Gasteiger partial charge >= 0.3 is 6.18 Å². The van der Waals surface area contributed by atoms with Gasteiger partial charge in [0.15, 0.2) is 0 Å². The molecule has 0 bridgehead atoms. The number of hydrogen-bond donors (Lipinski definition) is 1. The van der Waals surface area contributed by atoms with E-state index in [1.54, 1.807) is 6.21 Å². The van der Waals surface area contributed by atoms with E-state index in [4.69, 9.17) is 6.42 Å². The van der Waals surface area contributed by atoms with Crippen molar-refractivity contribution >= 4 is 22.9 Å². The smallest absolute Gasteiger partial charge is 0.335 e.